The molecule has 3 nitrogen and oxygen atoms in total. The summed E-state index contributed by atoms with van der Waals surface area (Å²) in [7, 11) is 0. The molecule has 0 bridgehead atoms. The van der Waals surface area contributed by atoms with Gasteiger partial charge >= 0.3 is 0 Å². The van der Waals surface area contributed by atoms with Crippen LogP contribution in [0.2, 0.25) is 5.02 Å². The standard InChI is InChI=1S/C18H16ClN3/c1-12-8-15(19)9-16-17(4-7-21-18(12)16)22-10-14(11-22)13-2-5-20-6-3-13/h2-9,14H,10-11H2,1H3. The van der Waals surface area contributed by atoms with Crippen molar-refractivity contribution < 1.29 is 0 Å². The lowest BCUT2D eigenvalue weighted by atomic mass is 9.91. The van der Waals surface area contributed by atoms with Crippen molar-refractivity contribution in [3.63, 3.8) is 0 Å². The van der Waals surface area contributed by atoms with Crippen LogP contribution in [0.25, 0.3) is 10.9 Å². The van der Waals surface area contributed by atoms with Crippen molar-refractivity contribution in [1.82, 2.24) is 9.97 Å². The van der Waals surface area contributed by atoms with E-state index in [-0.39, 0.29) is 0 Å². The number of nitrogens with zero attached hydrogens (tertiary/aromatic N) is 3. The largest absolute Gasteiger partial charge is 0.370 e. The highest BCUT2D eigenvalue weighted by Crippen LogP contribution is 2.36. The number of hydrogen-bond acceptors (Lipinski definition) is 3. The molecule has 0 amide bonds. The van der Waals surface area contributed by atoms with Gasteiger partial charge in [0.1, 0.15) is 0 Å². The number of aryl methyl sites for hydroxylation is 1. The molecule has 0 saturated carbocycles. The first-order valence-corrected chi connectivity index (χ1v) is 7.80. The van der Waals surface area contributed by atoms with Crippen LogP contribution in [0.3, 0.4) is 0 Å². The van der Waals surface area contributed by atoms with Gasteiger partial charge in [-0.25, -0.2) is 0 Å². The minimum Gasteiger partial charge on any atom is -0.370 e. The Bertz CT molecular complexity index is 826. The molecule has 1 saturated heterocycles. The van der Waals surface area contributed by atoms with Crippen LogP contribution in [-0.2, 0) is 0 Å². The van der Waals surface area contributed by atoms with E-state index in [1.165, 1.54) is 11.3 Å². The fourth-order valence-corrected chi connectivity index (χ4v) is 3.44. The molecule has 0 radical (unpaired) electrons. The van der Waals surface area contributed by atoms with Crippen molar-refractivity contribution in [2.45, 2.75) is 12.8 Å². The second-order valence-corrected chi connectivity index (χ2v) is 6.27. The summed E-state index contributed by atoms with van der Waals surface area (Å²) < 4.78 is 0. The van der Waals surface area contributed by atoms with E-state index in [0.29, 0.717) is 5.92 Å². The average molecular weight is 310 g/mol. The second-order valence-electron chi connectivity index (χ2n) is 5.83. The maximum atomic E-state index is 6.23. The van der Waals surface area contributed by atoms with Gasteiger partial charge < -0.3 is 4.90 Å². The van der Waals surface area contributed by atoms with E-state index in [0.717, 1.165) is 34.6 Å². The Morgan fingerprint density at radius 2 is 1.86 bits per heavy atom. The summed E-state index contributed by atoms with van der Waals surface area (Å²) in [5, 5.41) is 1.91. The van der Waals surface area contributed by atoms with Crippen LogP contribution in [0.1, 0.15) is 17.0 Å². The van der Waals surface area contributed by atoms with Crippen LogP contribution in [-0.4, -0.2) is 23.1 Å². The van der Waals surface area contributed by atoms with Crippen LogP contribution in [0.15, 0.2) is 48.9 Å². The molecule has 110 valence electrons. The molecule has 22 heavy (non-hydrogen) atoms. The Morgan fingerprint density at radius 3 is 2.64 bits per heavy atom. The van der Waals surface area contributed by atoms with Crippen molar-refractivity contribution in [3.05, 3.63) is 65.1 Å². The van der Waals surface area contributed by atoms with Gasteiger partial charge in [0, 0.05) is 53.7 Å². The molecular weight excluding hydrogens is 294 g/mol. The summed E-state index contributed by atoms with van der Waals surface area (Å²) in [6, 6.07) is 10.3. The highest BCUT2D eigenvalue weighted by atomic mass is 35.5. The Kier molecular flexibility index (Phi) is 3.23. The zero-order valence-corrected chi connectivity index (χ0v) is 13.1. The number of fused-ring (bicyclic) bond motifs is 1. The van der Waals surface area contributed by atoms with E-state index >= 15 is 0 Å². The number of anilines is 1. The van der Waals surface area contributed by atoms with Crippen LogP contribution < -0.4 is 4.90 Å². The third-order valence-electron chi connectivity index (χ3n) is 4.38. The molecular formula is C18H16ClN3. The summed E-state index contributed by atoms with van der Waals surface area (Å²) in [4.78, 5) is 11.0. The van der Waals surface area contributed by atoms with E-state index in [1.807, 2.05) is 30.7 Å². The smallest absolute Gasteiger partial charge is 0.0752 e. The van der Waals surface area contributed by atoms with Gasteiger partial charge in [-0.3, -0.25) is 9.97 Å². The number of pyridine rings is 2. The fourth-order valence-electron chi connectivity index (χ4n) is 3.17. The Morgan fingerprint density at radius 1 is 1.09 bits per heavy atom. The molecule has 0 unspecified atom stereocenters. The topological polar surface area (TPSA) is 29.0 Å². The Balaban J connectivity index is 1.66. The highest BCUT2D eigenvalue weighted by molar-refractivity contribution is 6.31. The molecule has 3 aromatic rings. The maximum absolute atomic E-state index is 6.23. The van der Waals surface area contributed by atoms with Gasteiger partial charge in [-0.15, -0.1) is 0 Å². The zero-order chi connectivity index (χ0) is 15.1. The van der Waals surface area contributed by atoms with Gasteiger partial charge in [0.15, 0.2) is 0 Å². The summed E-state index contributed by atoms with van der Waals surface area (Å²) in [5.41, 5.74) is 4.74. The van der Waals surface area contributed by atoms with E-state index in [1.54, 1.807) is 0 Å². The lowest BCUT2D eigenvalue weighted by molar-refractivity contribution is 0.526. The van der Waals surface area contributed by atoms with E-state index < -0.39 is 0 Å². The molecule has 0 atom stereocenters. The molecule has 0 aliphatic carbocycles. The van der Waals surface area contributed by atoms with Gasteiger partial charge in [0.05, 0.1) is 5.52 Å². The van der Waals surface area contributed by atoms with Gasteiger partial charge in [-0.1, -0.05) is 11.6 Å². The van der Waals surface area contributed by atoms with E-state index in [9.17, 15) is 0 Å². The van der Waals surface area contributed by atoms with Gasteiger partial charge in [0.25, 0.3) is 0 Å². The molecule has 0 N–H and O–H groups in total. The first-order valence-electron chi connectivity index (χ1n) is 7.42. The summed E-state index contributed by atoms with van der Waals surface area (Å²) in [6.07, 6.45) is 5.62. The summed E-state index contributed by atoms with van der Waals surface area (Å²) in [5.74, 6) is 0.575. The molecule has 4 rings (SSSR count). The van der Waals surface area contributed by atoms with Crippen LogP contribution >= 0.6 is 11.6 Å². The predicted molar refractivity (Wildman–Crippen MR) is 90.7 cm³/mol. The van der Waals surface area contributed by atoms with Crippen molar-refractivity contribution >= 4 is 28.2 Å². The average Bonchev–Trinajstić information content (AvgIpc) is 2.47. The number of halogens is 1. The molecule has 1 aliphatic rings. The lowest BCUT2D eigenvalue weighted by Crippen LogP contribution is -2.45. The molecule has 4 heteroatoms. The first-order chi connectivity index (χ1) is 10.7. The minimum atomic E-state index is 0.575. The summed E-state index contributed by atoms with van der Waals surface area (Å²) in [6.45, 7) is 4.10. The SMILES string of the molecule is Cc1cc(Cl)cc2c(N3CC(c4ccncc4)C3)ccnc12. The number of rotatable bonds is 2. The number of hydrogen-bond donors (Lipinski definition) is 0. The number of aromatic nitrogens is 2. The van der Waals surface area contributed by atoms with Gasteiger partial charge in [0.2, 0.25) is 0 Å². The summed E-state index contributed by atoms with van der Waals surface area (Å²) >= 11 is 6.23. The van der Waals surface area contributed by atoms with Crippen LogP contribution in [0, 0.1) is 6.92 Å². The third-order valence-corrected chi connectivity index (χ3v) is 4.60. The predicted octanol–water partition coefficient (Wildman–Crippen LogP) is 4.20. The van der Waals surface area contributed by atoms with Crippen LogP contribution in [0.5, 0.6) is 0 Å². The maximum Gasteiger partial charge on any atom is 0.0752 e. The Labute approximate surface area is 134 Å². The quantitative estimate of drug-likeness (QED) is 0.710. The molecule has 2 aromatic heterocycles. The molecule has 3 heterocycles. The Hall–Kier alpha value is -2.13. The van der Waals surface area contributed by atoms with Crippen molar-refractivity contribution in [3.8, 4) is 0 Å². The highest BCUT2D eigenvalue weighted by Gasteiger charge is 2.29. The minimum absolute atomic E-state index is 0.575. The third kappa shape index (κ3) is 2.22. The lowest BCUT2D eigenvalue weighted by Gasteiger charge is -2.41. The molecule has 0 spiro atoms. The van der Waals surface area contributed by atoms with Crippen molar-refractivity contribution in [2.24, 2.45) is 0 Å². The fraction of sp³-hybridized carbons (Fsp3) is 0.222. The monoisotopic (exact) mass is 309 g/mol. The van der Waals surface area contributed by atoms with Crippen molar-refractivity contribution in [1.29, 1.82) is 0 Å². The van der Waals surface area contributed by atoms with Crippen molar-refractivity contribution in [2.75, 3.05) is 18.0 Å². The molecule has 1 aromatic carbocycles. The van der Waals surface area contributed by atoms with Gasteiger partial charge in [-0.2, -0.15) is 0 Å². The normalized spacial score (nSPS) is 15.1. The van der Waals surface area contributed by atoms with E-state index in [4.69, 9.17) is 11.6 Å². The van der Waals surface area contributed by atoms with E-state index in [2.05, 4.69) is 40.0 Å². The molecule has 1 fully saturated rings. The number of benzene rings is 1. The first kappa shape index (κ1) is 13.5. The van der Waals surface area contributed by atoms with Gasteiger partial charge in [-0.05, 0) is 48.4 Å². The molecule has 1 aliphatic heterocycles. The zero-order valence-electron chi connectivity index (χ0n) is 12.3. The second kappa shape index (κ2) is 5.25. The van der Waals surface area contributed by atoms with Crippen LogP contribution in [0.4, 0.5) is 5.69 Å².